The van der Waals surface area contributed by atoms with Gasteiger partial charge in [0, 0.05) is 0 Å². The normalized spacial score (nSPS) is 29.2. The molecule has 0 aromatic carbocycles. The second kappa shape index (κ2) is 13.2. The van der Waals surface area contributed by atoms with Gasteiger partial charge in [0.05, 0.1) is 6.61 Å². The predicted molar refractivity (Wildman–Crippen MR) is 109 cm³/mol. The molecule has 1 aliphatic heterocycles. The van der Waals surface area contributed by atoms with Gasteiger partial charge in [-0.15, -0.1) is 0 Å². The summed E-state index contributed by atoms with van der Waals surface area (Å²) in [6.07, 6.45) is 6.95. The van der Waals surface area contributed by atoms with Crippen LogP contribution in [0.1, 0.15) is 71.1 Å². The molecule has 1 saturated heterocycles. The first kappa shape index (κ1) is 25.0. The molecule has 0 saturated carbocycles. The van der Waals surface area contributed by atoms with Crippen molar-refractivity contribution in [1.29, 1.82) is 0 Å². The van der Waals surface area contributed by atoms with E-state index < -0.39 is 45.6 Å². The number of ether oxygens (including phenoxy) is 1. The Morgan fingerprint density at radius 2 is 1.30 bits per heavy atom. The number of hydrogen-bond donors (Lipinski definition) is 4. The predicted octanol–water partition coefficient (Wildman–Crippen LogP) is 2.93. The van der Waals surface area contributed by atoms with Crippen LogP contribution in [0, 0.1) is 0 Å². The zero-order valence-electron chi connectivity index (χ0n) is 17.5. The van der Waals surface area contributed by atoms with Crippen LogP contribution < -0.4 is 0 Å². The fourth-order valence-corrected chi connectivity index (χ4v) is 5.62. The lowest BCUT2D eigenvalue weighted by atomic mass is 10.00. The van der Waals surface area contributed by atoms with Crippen molar-refractivity contribution in [2.75, 3.05) is 6.61 Å². The molecule has 0 unspecified atom stereocenters. The summed E-state index contributed by atoms with van der Waals surface area (Å²) in [5.41, 5.74) is 0. The number of hydrogen-bond acceptors (Lipinski definition) is 6. The van der Waals surface area contributed by atoms with Gasteiger partial charge in [0.1, 0.15) is 24.4 Å². The van der Waals surface area contributed by atoms with Gasteiger partial charge < -0.3 is 29.6 Å². The van der Waals surface area contributed by atoms with E-state index in [-0.39, 0.29) is 0 Å². The van der Waals surface area contributed by atoms with Gasteiger partial charge in [-0.1, -0.05) is 71.1 Å². The average molecular weight is 407 g/mol. The van der Waals surface area contributed by atoms with Crippen LogP contribution in [-0.4, -0.2) is 66.1 Å². The lowest BCUT2D eigenvalue weighted by molar-refractivity contribution is -0.280. The second-order valence-electron chi connectivity index (χ2n) is 8.51. The van der Waals surface area contributed by atoms with Gasteiger partial charge in [-0.2, -0.15) is 0 Å². The highest BCUT2D eigenvalue weighted by Gasteiger charge is 2.45. The smallest absolute Gasteiger partial charge is 0.190 e. The highest BCUT2D eigenvalue weighted by molar-refractivity contribution is 6.71. The maximum Gasteiger partial charge on any atom is 0.190 e. The van der Waals surface area contributed by atoms with Crippen LogP contribution in [0.2, 0.25) is 19.1 Å². The summed E-state index contributed by atoms with van der Waals surface area (Å²) in [4.78, 5) is 0. The minimum absolute atomic E-state index is 0.425. The number of aliphatic hydroxyl groups is 4. The third-order valence-corrected chi connectivity index (χ3v) is 7.84. The van der Waals surface area contributed by atoms with Crippen molar-refractivity contribution in [3.63, 3.8) is 0 Å². The van der Waals surface area contributed by atoms with Crippen LogP contribution >= 0.6 is 0 Å². The first-order valence-electron chi connectivity index (χ1n) is 10.8. The van der Waals surface area contributed by atoms with Gasteiger partial charge >= 0.3 is 0 Å². The first-order chi connectivity index (χ1) is 12.8. The lowest BCUT2D eigenvalue weighted by Crippen LogP contribution is -2.60. The van der Waals surface area contributed by atoms with Gasteiger partial charge in [-0.3, -0.25) is 0 Å². The number of rotatable bonds is 14. The molecular formula is C20H42O6Si. The van der Waals surface area contributed by atoms with Gasteiger partial charge in [0.2, 0.25) is 0 Å². The van der Waals surface area contributed by atoms with Crippen LogP contribution in [0.3, 0.4) is 0 Å². The van der Waals surface area contributed by atoms with Crippen molar-refractivity contribution in [3.05, 3.63) is 0 Å². The molecule has 0 aliphatic carbocycles. The van der Waals surface area contributed by atoms with Crippen LogP contribution in [0.25, 0.3) is 0 Å². The first-order valence-corrected chi connectivity index (χ1v) is 13.9. The van der Waals surface area contributed by atoms with E-state index in [4.69, 9.17) is 9.16 Å². The van der Waals surface area contributed by atoms with Crippen LogP contribution in [0.4, 0.5) is 0 Å². The average Bonchev–Trinajstić information content (AvgIpc) is 2.63. The fraction of sp³-hybridized carbons (Fsp3) is 1.00. The highest BCUT2D eigenvalue weighted by atomic mass is 28.4. The topological polar surface area (TPSA) is 99.4 Å². The maximum absolute atomic E-state index is 10.1. The molecule has 1 rings (SSSR count). The summed E-state index contributed by atoms with van der Waals surface area (Å²) in [6.45, 7) is 5.96. The van der Waals surface area contributed by atoms with Crippen molar-refractivity contribution >= 4 is 8.32 Å². The van der Waals surface area contributed by atoms with Crippen molar-refractivity contribution < 1.29 is 29.6 Å². The Hall–Kier alpha value is -0.0231. The molecule has 0 spiro atoms. The van der Waals surface area contributed by atoms with E-state index in [1.807, 2.05) is 0 Å². The largest absolute Gasteiger partial charge is 0.394 e. The van der Waals surface area contributed by atoms with Gasteiger partial charge in [-0.25, -0.2) is 0 Å². The molecule has 1 heterocycles. The van der Waals surface area contributed by atoms with E-state index in [1.54, 1.807) is 0 Å². The second-order valence-corrected chi connectivity index (χ2v) is 12.8. The van der Waals surface area contributed by atoms with Crippen LogP contribution in [-0.2, 0) is 9.16 Å². The van der Waals surface area contributed by atoms with Crippen molar-refractivity contribution in [2.45, 2.75) is 121 Å². The van der Waals surface area contributed by atoms with E-state index in [1.165, 1.54) is 57.8 Å². The Bertz CT molecular complexity index is 379. The minimum Gasteiger partial charge on any atom is -0.394 e. The molecule has 5 atom stereocenters. The Morgan fingerprint density at radius 1 is 0.778 bits per heavy atom. The quantitative estimate of drug-likeness (QED) is 0.261. The molecule has 4 N–H and O–H groups in total. The molecule has 0 amide bonds. The maximum atomic E-state index is 10.1. The Balaban J connectivity index is 2.21. The monoisotopic (exact) mass is 406 g/mol. The Labute approximate surface area is 166 Å². The number of aliphatic hydroxyl groups excluding tert-OH is 4. The highest BCUT2D eigenvalue weighted by Crippen LogP contribution is 2.27. The van der Waals surface area contributed by atoms with Gasteiger partial charge in [0.25, 0.3) is 0 Å². The molecular weight excluding hydrogens is 364 g/mol. The molecule has 0 bridgehead atoms. The van der Waals surface area contributed by atoms with Crippen molar-refractivity contribution in [2.24, 2.45) is 0 Å². The summed E-state index contributed by atoms with van der Waals surface area (Å²) in [5, 5.41) is 39.1. The lowest BCUT2D eigenvalue weighted by Gasteiger charge is -2.42. The molecule has 7 heteroatoms. The zero-order chi connectivity index (χ0) is 20.3. The molecule has 162 valence electrons. The third kappa shape index (κ3) is 9.34. The van der Waals surface area contributed by atoms with Gasteiger partial charge in [-0.05, 0) is 19.1 Å². The van der Waals surface area contributed by atoms with E-state index >= 15 is 0 Å². The molecule has 1 fully saturated rings. The van der Waals surface area contributed by atoms with E-state index in [9.17, 15) is 20.4 Å². The summed E-state index contributed by atoms with van der Waals surface area (Å²) < 4.78 is 11.5. The van der Waals surface area contributed by atoms with E-state index in [2.05, 4.69) is 20.0 Å². The fourth-order valence-electron chi connectivity index (χ4n) is 3.58. The van der Waals surface area contributed by atoms with E-state index in [0.717, 1.165) is 12.5 Å². The minimum atomic E-state index is -2.08. The molecule has 0 aromatic heterocycles. The van der Waals surface area contributed by atoms with Crippen LogP contribution in [0.15, 0.2) is 0 Å². The van der Waals surface area contributed by atoms with Crippen LogP contribution in [0.5, 0.6) is 0 Å². The molecule has 0 radical (unpaired) electrons. The Morgan fingerprint density at radius 3 is 1.81 bits per heavy atom. The molecule has 0 aromatic rings. The molecule has 1 aliphatic rings. The van der Waals surface area contributed by atoms with E-state index in [0.29, 0.717) is 0 Å². The Kier molecular flexibility index (Phi) is 12.3. The SMILES string of the molecule is CCCCCCCCCCCC[Si](C)(C)O[C@H]1O[C@H](CO)[C@@H](O)[C@H](O)[C@H]1O. The van der Waals surface area contributed by atoms with Crippen molar-refractivity contribution in [1.82, 2.24) is 0 Å². The molecule has 27 heavy (non-hydrogen) atoms. The summed E-state index contributed by atoms with van der Waals surface area (Å²) in [7, 11) is -2.08. The van der Waals surface area contributed by atoms with Crippen molar-refractivity contribution in [3.8, 4) is 0 Å². The molecule has 6 nitrogen and oxygen atoms in total. The van der Waals surface area contributed by atoms with Gasteiger partial charge in [0.15, 0.2) is 14.6 Å². The zero-order valence-corrected chi connectivity index (χ0v) is 18.5. The number of unbranched alkanes of at least 4 members (excludes halogenated alkanes) is 9. The standard InChI is InChI=1S/C20H42O6Si/c1-4-5-6-7-8-9-10-11-12-13-14-27(2,3)26-20-19(24)18(23)17(22)16(15-21)25-20/h16-24H,4-15H2,1-3H3/t16-,17-,18+,19-,20-/m1/s1. The summed E-state index contributed by atoms with van der Waals surface area (Å²) >= 11 is 0. The summed E-state index contributed by atoms with van der Waals surface area (Å²) in [6, 6.07) is 0.957. The third-order valence-electron chi connectivity index (χ3n) is 5.42. The summed E-state index contributed by atoms with van der Waals surface area (Å²) in [5.74, 6) is 0.